The third-order valence-corrected chi connectivity index (χ3v) is 3.87. The van der Waals surface area contributed by atoms with Gasteiger partial charge in [0, 0.05) is 24.2 Å². The summed E-state index contributed by atoms with van der Waals surface area (Å²) in [4.78, 5) is 8.53. The molecular weight excluding hydrogens is 274 g/mol. The SMILES string of the molecule is CS(=O)(=O)c1ccc(CN=C(N)c2cccnc2)cc1. The van der Waals surface area contributed by atoms with E-state index in [1.807, 2.05) is 6.07 Å². The van der Waals surface area contributed by atoms with Crippen molar-refractivity contribution in [3.05, 3.63) is 59.9 Å². The number of rotatable bonds is 4. The highest BCUT2D eigenvalue weighted by atomic mass is 32.2. The lowest BCUT2D eigenvalue weighted by atomic mass is 10.2. The van der Waals surface area contributed by atoms with Gasteiger partial charge < -0.3 is 5.73 Å². The normalized spacial score (nSPS) is 12.3. The largest absolute Gasteiger partial charge is 0.383 e. The molecule has 0 aliphatic heterocycles. The Morgan fingerprint density at radius 2 is 1.95 bits per heavy atom. The van der Waals surface area contributed by atoms with Crippen LogP contribution in [0, 0.1) is 0 Å². The summed E-state index contributed by atoms with van der Waals surface area (Å²) in [5.74, 6) is 0.408. The van der Waals surface area contributed by atoms with Crippen molar-refractivity contribution in [2.45, 2.75) is 11.4 Å². The minimum Gasteiger partial charge on any atom is -0.383 e. The van der Waals surface area contributed by atoms with E-state index in [2.05, 4.69) is 9.98 Å². The molecule has 0 spiro atoms. The molecule has 0 aliphatic rings. The molecule has 2 N–H and O–H groups in total. The number of hydrogen-bond acceptors (Lipinski definition) is 4. The summed E-state index contributed by atoms with van der Waals surface area (Å²) in [5.41, 5.74) is 7.51. The van der Waals surface area contributed by atoms with E-state index < -0.39 is 9.84 Å². The second-order valence-electron chi connectivity index (χ2n) is 4.36. The molecule has 1 heterocycles. The standard InChI is InChI=1S/C14H15N3O2S/c1-20(18,19)13-6-4-11(5-7-13)9-17-14(15)12-3-2-8-16-10-12/h2-8,10H,9H2,1H3,(H2,15,17). The fourth-order valence-corrected chi connectivity index (χ4v) is 2.25. The summed E-state index contributed by atoms with van der Waals surface area (Å²) >= 11 is 0. The van der Waals surface area contributed by atoms with Crippen LogP contribution in [0.1, 0.15) is 11.1 Å². The zero-order valence-electron chi connectivity index (χ0n) is 11.0. The number of pyridine rings is 1. The highest BCUT2D eigenvalue weighted by Gasteiger charge is 2.05. The summed E-state index contributed by atoms with van der Waals surface area (Å²) in [6, 6.07) is 10.2. The van der Waals surface area contributed by atoms with Crippen LogP contribution in [0.5, 0.6) is 0 Å². The summed E-state index contributed by atoms with van der Waals surface area (Å²) in [5, 5.41) is 0. The maximum absolute atomic E-state index is 11.3. The van der Waals surface area contributed by atoms with Crippen LogP contribution in [0.4, 0.5) is 0 Å². The molecule has 0 radical (unpaired) electrons. The zero-order chi connectivity index (χ0) is 14.6. The second-order valence-corrected chi connectivity index (χ2v) is 6.38. The monoisotopic (exact) mass is 289 g/mol. The molecule has 6 heteroatoms. The lowest BCUT2D eigenvalue weighted by Crippen LogP contribution is -2.13. The number of nitrogens with two attached hydrogens (primary N) is 1. The molecule has 0 saturated carbocycles. The number of benzene rings is 1. The van der Waals surface area contributed by atoms with E-state index in [1.165, 1.54) is 6.26 Å². The van der Waals surface area contributed by atoms with Gasteiger partial charge in [-0.3, -0.25) is 9.98 Å². The van der Waals surface area contributed by atoms with Crippen LogP contribution in [-0.2, 0) is 16.4 Å². The molecule has 104 valence electrons. The molecule has 0 fully saturated rings. The Labute approximate surface area is 118 Å². The molecule has 1 aromatic carbocycles. The predicted octanol–water partition coefficient (Wildman–Crippen LogP) is 1.39. The second kappa shape index (κ2) is 5.83. The van der Waals surface area contributed by atoms with E-state index in [9.17, 15) is 8.42 Å². The number of hydrogen-bond donors (Lipinski definition) is 1. The third-order valence-electron chi connectivity index (χ3n) is 2.74. The smallest absolute Gasteiger partial charge is 0.175 e. The van der Waals surface area contributed by atoms with Gasteiger partial charge >= 0.3 is 0 Å². The van der Waals surface area contributed by atoms with Gasteiger partial charge in [-0.15, -0.1) is 0 Å². The van der Waals surface area contributed by atoms with Crippen LogP contribution in [0.15, 0.2) is 58.7 Å². The first-order valence-corrected chi connectivity index (χ1v) is 7.85. The summed E-state index contributed by atoms with van der Waals surface area (Å²) in [7, 11) is -3.16. The highest BCUT2D eigenvalue weighted by Crippen LogP contribution is 2.11. The van der Waals surface area contributed by atoms with Crippen molar-refractivity contribution in [1.29, 1.82) is 0 Å². The predicted molar refractivity (Wildman–Crippen MR) is 78.2 cm³/mol. The van der Waals surface area contributed by atoms with Gasteiger partial charge in [-0.1, -0.05) is 12.1 Å². The minimum atomic E-state index is -3.16. The topological polar surface area (TPSA) is 85.4 Å². The van der Waals surface area contributed by atoms with Crippen molar-refractivity contribution in [3.63, 3.8) is 0 Å². The lowest BCUT2D eigenvalue weighted by Gasteiger charge is -2.02. The molecule has 5 nitrogen and oxygen atoms in total. The van der Waals surface area contributed by atoms with E-state index >= 15 is 0 Å². The highest BCUT2D eigenvalue weighted by molar-refractivity contribution is 7.90. The molecule has 0 saturated heterocycles. The summed E-state index contributed by atoms with van der Waals surface area (Å²) in [6.45, 7) is 0.394. The van der Waals surface area contributed by atoms with E-state index in [1.54, 1.807) is 42.7 Å². The van der Waals surface area contributed by atoms with E-state index in [0.717, 1.165) is 11.1 Å². The van der Waals surface area contributed by atoms with Crippen LogP contribution in [0.2, 0.25) is 0 Å². The molecule has 0 atom stereocenters. The maximum Gasteiger partial charge on any atom is 0.175 e. The van der Waals surface area contributed by atoms with Gasteiger partial charge in [0.2, 0.25) is 0 Å². The third kappa shape index (κ3) is 3.64. The van der Waals surface area contributed by atoms with E-state index in [4.69, 9.17) is 5.73 Å². The zero-order valence-corrected chi connectivity index (χ0v) is 11.8. The van der Waals surface area contributed by atoms with Crippen molar-refractivity contribution in [1.82, 2.24) is 4.98 Å². The molecule has 1 aromatic heterocycles. The number of amidine groups is 1. The molecule has 0 aliphatic carbocycles. The van der Waals surface area contributed by atoms with Gasteiger partial charge in [0.05, 0.1) is 11.4 Å². The fraction of sp³-hybridized carbons (Fsp3) is 0.143. The van der Waals surface area contributed by atoms with E-state index in [-0.39, 0.29) is 0 Å². The fourth-order valence-electron chi connectivity index (χ4n) is 1.62. The number of sulfone groups is 1. The van der Waals surface area contributed by atoms with Crippen LogP contribution < -0.4 is 5.73 Å². The van der Waals surface area contributed by atoms with Gasteiger partial charge in [0.1, 0.15) is 5.84 Å². The van der Waals surface area contributed by atoms with Crippen LogP contribution >= 0.6 is 0 Å². The number of aliphatic imine (C=N–C) groups is 1. The number of aromatic nitrogens is 1. The van der Waals surface area contributed by atoms with Crippen LogP contribution in [0.3, 0.4) is 0 Å². The Hall–Kier alpha value is -2.21. The summed E-state index contributed by atoms with van der Waals surface area (Å²) < 4.78 is 22.7. The first-order chi connectivity index (χ1) is 9.47. The average molecular weight is 289 g/mol. The molecule has 0 amide bonds. The molecular formula is C14H15N3O2S. The Balaban J connectivity index is 2.12. The van der Waals surface area contributed by atoms with Gasteiger partial charge in [-0.05, 0) is 29.8 Å². The lowest BCUT2D eigenvalue weighted by molar-refractivity contribution is 0.602. The number of nitrogens with zero attached hydrogens (tertiary/aromatic N) is 2. The van der Waals surface area contributed by atoms with Crippen molar-refractivity contribution < 1.29 is 8.42 Å². The summed E-state index contributed by atoms with van der Waals surface area (Å²) in [6.07, 6.45) is 4.49. The van der Waals surface area contributed by atoms with Crippen LogP contribution in [-0.4, -0.2) is 25.5 Å². The molecule has 0 bridgehead atoms. The Morgan fingerprint density at radius 1 is 1.25 bits per heavy atom. The van der Waals surface area contributed by atoms with Gasteiger partial charge in [0.25, 0.3) is 0 Å². The Kier molecular flexibility index (Phi) is 4.14. The Bertz CT molecular complexity index is 708. The first-order valence-electron chi connectivity index (χ1n) is 5.96. The minimum absolute atomic E-state index is 0.297. The molecule has 0 unspecified atom stereocenters. The van der Waals surface area contributed by atoms with Crippen molar-refractivity contribution in [3.8, 4) is 0 Å². The van der Waals surface area contributed by atoms with E-state index in [0.29, 0.717) is 17.3 Å². The van der Waals surface area contributed by atoms with Gasteiger partial charge in [-0.2, -0.15) is 0 Å². The quantitative estimate of drug-likeness (QED) is 0.681. The Morgan fingerprint density at radius 3 is 2.50 bits per heavy atom. The van der Waals surface area contributed by atoms with Crippen molar-refractivity contribution in [2.75, 3.05) is 6.26 Å². The van der Waals surface area contributed by atoms with Gasteiger partial charge in [-0.25, -0.2) is 8.42 Å². The maximum atomic E-state index is 11.3. The first kappa shape index (κ1) is 14.2. The molecule has 20 heavy (non-hydrogen) atoms. The van der Waals surface area contributed by atoms with Crippen molar-refractivity contribution in [2.24, 2.45) is 10.7 Å². The average Bonchev–Trinajstić information content (AvgIpc) is 2.45. The van der Waals surface area contributed by atoms with Crippen LogP contribution in [0.25, 0.3) is 0 Å². The molecule has 2 aromatic rings. The van der Waals surface area contributed by atoms with Crippen molar-refractivity contribution >= 4 is 15.7 Å². The molecule has 2 rings (SSSR count). The van der Waals surface area contributed by atoms with Gasteiger partial charge in [0.15, 0.2) is 9.84 Å².